The van der Waals surface area contributed by atoms with Gasteiger partial charge in [0.05, 0.1) is 7.11 Å². The van der Waals surface area contributed by atoms with Crippen molar-refractivity contribution in [3.8, 4) is 5.75 Å². The third kappa shape index (κ3) is 3.33. The molecular weight excluding hydrogens is 248 g/mol. The molecule has 0 spiro atoms. The van der Waals surface area contributed by atoms with Crippen LogP contribution in [0.2, 0.25) is 0 Å². The Labute approximate surface area is 123 Å². The first-order valence-electron chi connectivity index (χ1n) is 7.69. The molecule has 112 valence electrons. The Morgan fingerprint density at radius 2 is 2.00 bits per heavy atom. The largest absolute Gasteiger partial charge is 0.497 e. The first kappa shape index (κ1) is 15.3. The van der Waals surface area contributed by atoms with Gasteiger partial charge in [-0.3, -0.25) is 4.90 Å². The summed E-state index contributed by atoms with van der Waals surface area (Å²) in [4.78, 5) is 2.61. The van der Waals surface area contributed by atoms with Gasteiger partial charge in [-0.15, -0.1) is 0 Å². The van der Waals surface area contributed by atoms with E-state index in [2.05, 4.69) is 30.9 Å². The first-order valence-corrected chi connectivity index (χ1v) is 7.69. The van der Waals surface area contributed by atoms with Crippen LogP contribution in [-0.2, 0) is 6.42 Å². The molecular formula is C17H28N2O. The zero-order valence-corrected chi connectivity index (χ0v) is 13.1. The zero-order chi connectivity index (χ0) is 14.6. The summed E-state index contributed by atoms with van der Waals surface area (Å²) in [5, 5.41) is 0. The fourth-order valence-corrected chi connectivity index (χ4v) is 3.37. The number of nitrogens with two attached hydrogens (primary N) is 1. The number of hydrogen-bond donors (Lipinski definition) is 1. The molecule has 1 aromatic rings. The van der Waals surface area contributed by atoms with Crippen LogP contribution in [0.3, 0.4) is 0 Å². The lowest BCUT2D eigenvalue weighted by Crippen LogP contribution is -2.58. The maximum atomic E-state index is 6.14. The van der Waals surface area contributed by atoms with Crippen LogP contribution in [0.15, 0.2) is 24.3 Å². The number of methoxy groups -OCH3 is 1. The van der Waals surface area contributed by atoms with Crippen LogP contribution in [0, 0.1) is 0 Å². The number of nitrogens with zero attached hydrogens (tertiary/aromatic N) is 1. The molecule has 2 unspecified atom stereocenters. The normalized spacial score (nSPS) is 23.3. The number of benzene rings is 1. The minimum absolute atomic E-state index is 0.0500. The van der Waals surface area contributed by atoms with Gasteiger partial charge in [-0.1, -0.05) is 18.6 Å². The highest BCUT2D eigenvalue weighted by Crippen LogP contribution is 2.28. The molecule has 0 aromatic heterocycles. The molecule has 1 fully saturated rings. The van der Waals surface area contributed by atoms with Crippen molar-refractivity contribution in [3.05, 3.63) is 29.8 Å². The van der Waals surface area contributed by atoms with Crippen LogP contribution in [0.25, 0.3) is 0 Å². The Morgan fingerprint density at radius 1 is 1.30 bits per heavy atom. The van der Waals surface area contributed by atoms with Crippen molar-refractivity contribution in [3.63, 3.8) is 0 Å². The number of hydrogen-bond acceptors (Lipinski definition) is 3. The van der Waals surface area contributed by atoms with Gasteiger partial charge in [0.2, 0.25) is 0 Å². The molecule has 20 heavy (non-hydrogen) atoms. The van der Waals surface area contributed by atoms with Crippen molar-refractivity contribution < 1.29 is 4.74 Å². The predicted octanol–water partition coefficient (Wildman–Crippen LogP) is 2.83. The summed E-state index contributed by atoms with van der Waals surface area (Å²) in [5.74, 6) is 0.912. The smallest absolute Gasteiger partial charge is 0.118 e. The monoisotopic (exact) mass is 276 g/mol. The molecule has 3 nitrogen and oxygen atoms in total. The van der Waals surface area contributed by atoms with Gasteiger partial charge in [-0.05, 0) is 57.4 Å². The minimum Gasteiger partial charge on any atom is -0.497 e. The van der Waals surface area contributed by atoms with E-state index in [1.54, 1.807) is 7.11 Å². The second-order valence-corrected chi connectivity index (χ2v) is 6.26. The highest BCUT2D eigenvalue weighted by Gasteiger charge is 2.35. The molecule has 0 bridgehead atoms. The number of ether oxygens (including phenoxy) is 1. The third-order valence-electron chi connectivity index (χ3n) is 4.68. The molecule has 1 aliphatic rings. The Morgan fingerprint density at radius 3 is 2.55 bits per heavy atom. The van der Waals surface area contributed by atoms with Crippen molar-refractivity contribution in [2.75, 3.05) is 20.2 Å². The van der Waals surface area contributed by atoms with E-state index in [0.717, 1.165) is 12.2 Å². The standard InChI is InChI=1S/C17H28N2O/c1-14-6-4-5-11-19(14)17(2,13-18)12-15-7-9-16(20-3)10-8-15/h7-10,14H,4-6,11-13,18H2,1-3H3. The Balaban J connectivity index is 2.12. The van der Waals surface area contributed by atoms with Gasteiger partial charge < -0.3 is 10.5 Å². The lowest BCUT2D eigenvalue weighted by molar-refractivity contribution is 0.0418. The van der Waals surface area contributed by atoms with Gasteiger partial charge in [-0.25, -0.2) is 0 Å². The molecule has 2 rings (SSSR count). The molecule has 0 radical (unpaired) electrons. The van der Waals surface area contributed by atoms with Crippen molar-refractivity contribution in [1.82, 2.24) is 4.90 Å². The molecule has 3 heteroatoms. The molecule has 1 aromatic carbocycles. The average Bonchev–Trinajstić information content (AvgIpc) is 2.48. The van der Waals surface area contributed by atoms with E-state index in [4.69, 9.17) is 10.5 Å². The van der Waals surface area contributed by atoms with Gasteiger partial charge in [0.15, 0.2) is 0 Å². The molecule has 2 atom stereocenters. The third-order valence-corrected chi connectivity index (χ3v) is 4.68. The van der Waals surface area contributed by atoms with Gasteiger partial charge in [0.25, 0.3) is 0 Å². The van der Waals surface area contributed by atoms with Crippen molar-refractivity contribution in [2.24, 2.45) is 5.73 Å². The van der Waals surface area contributed by atoms with Crippen LogP contribution < -0.4 is 10.5 Å². The van der Waals surface area contributed by atoms with Crippen molar-refractivity contribution >= 4 is 0 Å². The zero-order valence-electron chi connectivity index (χ0n) is 13.1. The molecule has 1 saturated heterocycles. The second kappa shape index (κ2) is 6.59. The van der Waals surface area contributed by atoms with Crippen molar-refractivity contribution in [2.45, 2.75) is 51.1 Å². The van der Waals surface area contributed by atoms with E-state index >= 15 is 0 Å². The van der Waals surface area contributed by atoms with Gasteiger partial charge >= 0.3 is 0 Å². The second-order valence-electron chi connectivity index (χ2n) is 6.26. The van der Waals surface area contributed by atoms with Crippen LogP contribution in [0.5, 0.6) is 5.75 Å². The van der Waals surface area contributed by atoms with Gasteiger partial charge in [0.1, 0.15) is 5.75 Å². The van der Waals surface area contributed by atoms with E-state index in [9.17, 15) is 0 Å². The Bertz CT molecular complexity index is 418. The van der Waals surface area contributed by atoms with E-state index < -0.39 is 0 Å². The summed E-state index contributed by atoms with van der Waals surface area (Å²) in [6.07, 6.45) is 4.93. The van der Waals surface area contributed by atoms with Gasteiger partial charge in [-0.2, -0.15) is 0 Å². The van der Waals surface area contributed by atoms with E-state index in [-0.39, 0.29) is 5.54 Å². The molecule has 0 amide bonds. The number of likely N-dealkylation sites (tertiary alicyclic amines) is 1. The van der Waals surface area contributed by atoms with Crippen LogP contribution >= 0.6 is 0 Å². The summed E-state index contributed by atoms with van der Waals surface area (Å²) in [6.45, 7) is 6.51. The molecule has 1 heterocycles. The van der Waals surface area contributed by atoms with E-state index in [1.807, 2.05) is 12.1 Å². The maximum Gasteiger partial charge on any atom is 0.118 e. The van der Waals surface area contributed by atoms with E-state index in [0.29, 0.717) is 12.6 Å². The molecule has 0 aliphatic carbocycles. The van der Waals surface area contributed by atoms with Crippen molar-refractivity contribution in [1.29, 1.82) is 0 Å². The van der Waals surface area contributed by atoms with Gasteiger partial charge in [0, 0.05) is 18.1 Å². The molecule has 1 aliphatic heterocycles. The highest BCUT2D eigenvalue weighted by atomic mass is 16.5. The Kier molecular flexibility index (Phi) is 5.06. The van der Waals surface area contributed by atoms with E-state index in [1.165, 1.54) is 31.4 Å². The fourth-order valence-electron chi connectivity index (χ4n) is 3.37. The summed E-state index contributed by atoms with van der Waals surface area (Å²) in [6, 6.07) is 9.01. The fraction of sp³-hybridized carbons (Fsp3) is 0.647. The average molecular weight is 276 g/mol. The molecule has 0 saturated carbocycles. The predicted molar refractivity (Wildman–Crippen MR) is 84.2 cm³/mol. The summed E-state index contributed by atoms with van der Waals surface area (Å²) in [7, 11) is 1.70. The topological polar surface area (TPSA) is 38.5 Å². The minimum atomic E-state index is 0.0500. The van der Waals surface area contributed by atoms with Crippen LogP contribution in [0.4, 0.5) is 0 Å². The molecule has 2 N–H and O–H groups in total. The first-order chi connectivity index (χ1) is 9.59. The number of piperidine rings is 1. The lowest BCUT2D eigenvalue weighted by atomic mass is 9.87. The quantitative estimate of drug-likeness (QED) is 0.898. The Hall–Kier alpha value is -1.06. The maximum absolute atomic E-state index is 6.14. The summed E-state index contributed by atoms with van der Waals surface area (Å²) < 4.78 is 5.22. The van der Waals surface area contributed by atoms with Crippen LogP contribution in [-0.4, -0.2) is 36.7 Å². The SMILES string of the molecule is COc1ccc(CC(C)(CN)N2CCCCC2C)cc1. The highest BCUT2D eigenvalue weighted by molar-refractivity contribution is 5.28. The lowest BCUT2D eigenvalue weighted by Gasteiger charge is -2.47. The summed E-state index contributed by atoms with van der Waals surface area (Å²) >= 11 is 0. The summed E-state index contributed by atoms with van der Waals surface area (Å²) in [5.41, 5.74) is 7.52. The van der Waals surface area contributed by atoms with Crippen LogP contribution in [0.1, 0.15) is 38.7 Å². The number of rotatable bonds is 5.